The van der Waals surface area contributed by atoms with Gasteiger partial charge < -0.3 is 15.2 Å². The van der Waals surface area contributed by atoms with E-state index in [9.17, 15) is 19.1 Å². The SMILES string of the molecule is Cc1cc(C(C)Nc2ccc(F)cc2C(=O)O)c2nc(C3CCOCC3)n(C)c(=O)c2c1. The topological polar surface area (TPSA) is 93.4 Å². The van der Waals surface area contributed by atoms with Crippen LogP contribution in [0.4, 0.5) is 10.1 Å². The van der Waals surface area contributed by atoms with Gasteiger partial charge in [-0.2, -0.15) is 0 Å². The molecule has 1 unspecified atom stereocenters. The van der Waals surface area contributed by atoms with Gasteiger partial charge in [-0.1, -0.05) is 6.07 Å². The average Bonchev–Trinajstić information content (AvgIpc) is 2.77. The number of aromatic nitrogens is 2. The van der Waals surface area contributed by atoms with Crippen molar-refractivity contribution >= 4 is 22.6 Å². The Bertz CT molecular complexity index is 1250. The van der Waals surface area contributed by atoms with Gasteiger partial charge in [0.25, 0.3) is 5.56 Å². The molecule has 0 amide bonds. The van der Waals surface area contributed by atoms with Crippen LogP contribution in [0.25, 0.3) is 10.9 Å². The Kier molecular flexibility index (Phi) is 5.97. The maximum absolute atomic E-state index is 13.6. The predicted molar refractivity (Wildman–Crippen MR) is 120 cm³/mol. The highest BCUT2D eigenvalue weighted by Gasteiger charge is 2.24. The summed E-state index contributed by atoms with van der Waals surface area (Å²) in [6.07, 6.45) is 1.61. The minimum atomic E-state index is -1.22. The Morgan fingerprint density at radius 3 is 2.69 bits per heavy atom. The maximum Gasteiger partial charge on any atom is 0.337 e. The number of nitrogens with one attached hydrogen (secondary N) is 1. The van der Waals surface area contributed by atoms with Gasteiger partial charge in [0.2, 0.25) is 0 Å². The molecule has 0 bridgehead atoms. The van der Waals surface area contributed by atoms with Gasteiger partial charge in [-0.15, -0.1) is 0 Å². The summed E-state index contributed by atoms with van der Waals surface area (Å²) in [4.78, 5) is 29.7. The van der Waals surface area contributed by atoms with Crippen molar-refractivity contribution in [1.82, 2.24) is 9.55 Å². The third-order valence-electron chi connectivity index (χ3n) is 6.03. The largest absolute Gasteiger partial charge is 0.478 e. The van der Waals surface area contributed by atoms with Crippen molar-refractivity contribution in [2.75, 3.05) is 18.5 Å². The summed E-state index contributed by atoms with van der Waals surface area (Å²) in [5, 5.41) is 13.2. The monoisotopic (exact) mass is 439 g/mol. The van der Waals surface area contributed by atoms with E-state index in [-0.39, 0.29) is 23.1 Å². The normalized spacial score (nSPS) is 15.6. The van der Waals surface area contributed by atoms with Gasteiger partial charge in [0.1, 0.15) is 11.6 Å². The predicted octanol–water partition coefficient (Wildman–Crippen LogP) is 4.15. The molecule has 1 saturated heterocycles. The van der Waals surface area contributed by atoms with E-state index in [0.29, 0.717) is 29.8 Å². The number of carbonyl (C=O) groups is 1. The highest BCUT2D eigenvalue weighted by atomic mass is 19.1. The van der Waals surface area contributed by atoms with Crippen LogP contribution in [-0.4, -0.2) is 33.8 Å². The van der Waals surface area contributed by atoms with Crippen LogP contribution in [0, 0.1) is 12.7 Å². The fraction of sp³-hybridized carbons (Fsp3) is 0.375. The Morgan fingerprint density at radius 1 is 1.28 bits per heavy atom. The van der Waals surface area contributed by atoms with E-state index >= 15 is 0 Å². The van der Waals surface area contributed by atoms with Crippen LogP contribution in [0.5, 0.6) is 0 Å². The molecule has 1 fully saturated rings. The zero-order chi connectivity index (χ0) is 23.0. The Balaban J connectivity index is 1.82. The molecule has 2 aromatic carbocycles. The first-order chi connectivity index (χ1) is 15.3. The first kappa shape index (κ1) is 22.0. The van der Waals surface area contributed by atoms with E-state index in [2.05, 4.69) is 5.32 Å². The molecule has 2 heterocycles. The number of anilines is 1. The van der Waals surface area contributed by atoms with Gasteiger partial charge in [0, 0.05) is 37.4 Å². The summed E-state index contributed by atoms with van der Waals surface area (Å²) in [6, 6.07) is 7.02. The second-order valence-corrected chi connectivity index (χ2v) is 8.33. The molecular weight excluding hydrogens is 413 g/mol. The third-order valence-corrected chi connectivity index (χ3v) is 6.03. The van der Waals surface area contributed by atoms with Gasteiger partial charge in [0.05, 0.1) is 22.5 Å². The van der Waals surface area contributed by atoms with Gasteiger partial charge in [0.15, 0.2) is 0 Å². The van der Waals surface area contributed by atoms with Crippen molar-refractivity contribution in [3.63, 3.8) is 0 Å². The van der Waals surface area contributed by atoms with Crippen molar-refractivity contribution in [3.05, 3.63) is 69.0 Å². The molecule has 1 aliphatic heterocycles. The summed E-state index contributed by atoms with van der Waals surface area (Å²) in [5.41, 5.74) is 2.32. The molecule has 8 heteroatoms. The van der Waals surface area contributed by atoms with Crippen molar-refractivity contribution in [2.24, 2.45) is 7.05 Å². The van der Waals surface area contributed by atoms with Crippen molar-refractivity contribution in [2.45, 2.75) is 38.6 Å². The van der Waals surface area contributed by atoms with E-state index in [0.717, 1.165) is 35.9 Å². The molecule has 4 rings (SSSR count). The van der Waals surface area contributed by atoms with Crippen LogP contribution in [0.15, 0.2) is 35.1 Å². The first-order valence-corrected chi connectivity index (χ1v) is 10.6. The van der Waals surface area contributed by atoms with E-state index in [1.54, 1.807) is 11.6 Å². The van der Waals surface area contributed by atoms with Crippen molar-refractivity contribution in [3.8, 4) is 0 Å². The zero-order valence-electron chi connectivity index (χ0n) is 18.3. The van der Waals surface area contributed by atoms with Gasteiger partial charge in [-0.05, 0) is 56.5 Å². The molecule has 32 heavy (non-hydrogen) atoms. The minimum absolute atomic E-state index is 0.110. The lowest BCUT2D eigenvalue weighted by atomic mass is 9.97. The van der Waals surface area contributed by atoms with Gasteiger partial charge >= 0.3 is 5.97 Å². The summed E-state index contributed by atoms with van der Waals surface area (Å²) < 4.78 is 20.7. The first-order valence-electron chi connectivity index (χ1n) is 10.6. The lowest BCUT2D eigenvalue weighted by Crippen LogP contribution is -2.27. The molecule has 0 radical (unpaired) electrons. The number of carboxylic acid groups (broad SMARTS) is 1. The number of rotatable bonds is 5. The fourth-order valence-electron chi connectivity index (χ4n) is 4.35. The molecular formula is C24H26FN3O4. The molecule has 3 aromatic rings. The van der Waals surface area contributed by atoms with E-state index in [4.69, 9.17) is 9.72 Å². The second-order valence-electron chi connectivity index (χ2n) is 8.33. The fourth-order valence-corrected chi connectivity index (χ4v) is 4.35. The molecule has 0 spiro atoms. The lowest BCUT2D eigenvalue weighted by Gasteiger charge is -2.25. The van der Waals surface area contributed by atoms with Crippen LogP contribution >= 0.6 is 0 Å². The van der Waals surface area contributed by atoms with Gasteiger partial charge in [-0.25, -0.2) is 14.2 Å². The lowest BCUT2D eigenvalue weighted by molar-refractivity contribution is 0.0697. The maximum atomic E-state index is 13.6. The molecule has 7 nitrogen and oxygen atoms in total. The van der Waals surface area contributed by atoms with Gasteiger partial charge in [-0.3, -0.25) is 9.36 Å². The summed E-state index contributed by atoms with van der Waals surface area (Å²) >= 11 is 0. The quantitative estimate of drug-likeness (QED) is 0.621. The standard InChI is InChI=1S/C24H26FN3O4/c1-13-10-17(14(2)26-20-5-4-16(25)12-18(20)24(30)31)21-19(11-13)23(29)28(3)22(27-21)15-6-8-32-9-7-15/h4-5,10-12,14-15,26H,6-9H2,1-3H3,(H,30,31). The summed E-state index contributed by atoms with van der Waals surface area (Å²) in [7, 11) is 1.75. The molecule has 168 valence electrons. The summed E-state index contributed by atoms with van der Waals surface area (Å²) in [6.45, 7) is 5.05. The zero-order valence-corrected chi connectivity index (χ0v) is 18.3. The van der Waals surface area contributed by atoms with Crippen molar-refractivity contribution < 1.29 is 19.0 Å². The summed E-state index contributed by atoms with van der Waals surface area (Å²) in [5.74, 6) is -0.968. The number of nitrogens with zero attached hydrogens (tertiary/aromatic N) is 2. The number of carboxylic acids is 1. The Hall–Kier alpha value is -3.26. The Labute approximate surface area is 184 Å². The van der Waals surface area contributed by atoms with Crippen LogP contribution in [0.3, 0.4) is 0 Å². The van der Waals surface area contributed by atoms with Crippen LogP contribution < -0.4 is 10.9 Å². The number of halogens is 1. The van der Waals surface area contributed by atoms with E-state index < -0.39 is 11.8 Å². The third kappa shape index (κ3) is 4.10. The number of aryl methyl sites for hydroxylation is 1. The highest BCUT2D eigenvalue weighted by molar-refractivity contribution is 5.94. The molecule has 2 N–H and O–H groups in total. The van der Waals surface area contributed by atoms with Crippen molar-refractivity contribution in [1.29, 1.82) is 0 Å². The smallest absolute Gasteiger partial charge is 0.337 e. The average molecular weight is 439 g/mol. The number of aromatic carboxylic acids is 1. The number of ether oxygens (including phenoxy) is 1. The molecule has 0 aliphatic carbocycles. The van der Waals surface area contributed by atoms with E-state index in [1.165, 1.54) is 12.1 Å². The van der Waals surface area contributed by atoms with Crippen LogP contribution in [0.1, 0.15) is 59.0 Å². The minimum Gasteiger partial charge on any atom is -0.478 e. The van der Waals surface area contributed by atoms with E-state index in [1.807, 2.05) is 26.0 Å². The van der Waals surface area contributed by atoms with Crippen LogP contribution in [0.2, 0.25) is 0 Å². The molecule has 1 aromatic heterocycles. The Morgan fingerprint density at radius 2 is 2.00 bits per heavy atom. The highest BCUT2D eigenvalue weighted by Crippen LogP contribution is 2.30. The molecule has 1 atom stereocenters. The number of hydrogen-bond acceptors (Lipinski definition) is 5. The molecule has 0 saturated carbocycles. The van der Waals surface area contributed by atoms with Crippen LogP contribution in [-0.2, 0) is 11.8 Å². The number of fused-ring (bicyclic) bond motifs is 1. The number of hydrogen-bond donors (Lipinski definition) is 2. The molecule has 1 aliphatic rings. The second kappa shape index (κ2) is 8.70. The number of benzene rings is 2.